The van der Waals surface area contributed by atoms with Crippen molar-refractivity contribution < 1.29 is 13.6 Å². The standard InChI is InChI=1S/C15H19F2N3O/c16-11-3-4-12(18)14(17)13(11)15(21)19-9-5-7-20-6-1-2-10(20)8-9/h3-4,9-10H,1-2,5-8,18H2,(H,19,21). The summed E-state index contributed by atoms with van der Waals surface area (Å²) in [6.45, 7) is 2.04. The number of rotatable bonds is 2. The van der Waals surface area contributed by atoms with Crippen LogP contribution < -0.4 is 11.1 Å². The summed E-state index contributed by atoms with van der Waals surface area (Å²) in [4.78, 5) is 14.6. The van der Waals surface area contributed by atoms with Crippen molar-refractivity contribution in [1.29, 1.82) is 0 Å². The summed E-state index contributed by atoms with van der Waals surface area (Å²) < 4.78 is 27.5. The quantitative estimate of drug-likeness (QED) is 0.819. The van der Waals surface area contributed by atoms with E-state index in [0.717, 1.165) is 44.5 Å². The first-order chi connectivity index (χ1) is 10.1. The Hall–Kier alpha value is -1.69. The third-order valence-corrected chi connectivity index (χ3v) is 4.50. The Labute approximate surface area is 122 Å². The molecule has 4 nitrogen and oxygen atoms in total. The Morgan fingerprint density at radius 1 is 1.29 bits per heavy atom. The lowest BCUT2D eigenvalue weighted by Crippen LogP contribution is -2.47. The van der Waals surface area contributed by atoms with Crippen LogP contribution in [-0.4, -0.2) is 36.0 Å². The maximum atomic E-state index is 13.8. The van der Waals surface area contributed by atoms with Crippen LogP contribution in [-0.2, 0) is 0 Å². The molecule has 2 atom stereocenters. The van der Waals surface area contributed by atoms with Crippen LogP contribution >= 0.6 is 0 Å². The first-order valence-corrected chi connectivity index (χ1v) is 7.34. The number of piperidine rings is 1. The Bertz CT molecular complexity index is 564. The van der Waals surface area contributed by atoms with Crippen LogP contribution in [0.3, 0.4) is 0 Å². The lowest BCUT2D eigenvalue weighted by Gasteiger charge is -2.35. The molecule has 0 aliphatic carbocycles. The van der Waals surface area contributed by atoms with E-state index in [4.69, 9.17) is 5.73 Å². The van der Waals surface area contributed by atoms with Crippen molar-refractivity contribution in [2.24, 2.45) is 0 Å². The highest BCUT2D eigenvalue weighted by Crippen LogP contribution is 2.27. The second-order valence-corrected chi connectivity index (χ2v) is 5.85. The average Bonchev–Trinajstić information content (AvgIpc) is 2.91. The number of nitrogens with one attached hydrogen (secondary N) is 1. The smallest absolute Gasteiger partial charge is 0.257 e. The summed E-state index contributed by atoms with van der Waals surface area (Å²) in [7, 11) is 0. The van der Waals surface area contributed by atoms with E-state index in [-0.39, 0.29) is 11.7 Å². The SMILES string of the molecule is Nc1ccc(F)c(C(=O)NC2CCN3CCCC3C2)c1F. The molecule has 2 unspecified atom stereocenters. The predicted molar refractivity (Wildman–Crippen MR) is 75.9 cm³/mol. The molecular formula is C15H19F2N3O. The van der Waals surface area contributed by atoms with Gasteiger partial charge < -0.3 is 16.0 Å². The van der Waals surface area contributed by atoms with Crippen molar-refractivity contribution in [2.45, 2.75) is 37.8 Å². The van der Waals surface area contributed by atoms with E-state index in [9.17, 15) is 13.6 Å². The summed E-state index contributed by atoms with van der Waals surface area (Å²) in [6, 6.07) is 2.60. The molecule has 114 valence electrons. The van der Waals surface area contributed by atoms with Crippen LogP contribution in [0.2, 0.25) is 0 Å². The fourth-order valence-electron chi connectivity index (χ4n) is 3.39. The van der Waals surface area contributed by atoms with Gasteiger partial charge in [0.2, 0.25) is 0 Å². The van der Waals surface area contributed by atoms with Crippen molar-refractivity contribution in [3.8, 4) is 0 Å². The van der Waals surface area contributed by atoms with Gasteiger partial charge >= 0.3 is 0 Å². The first-order valence-electron chi connectivity index (χ1n) is 7.34. The molecule has 6 heteroatoms. The van der Waals surface area contributed by atoms with Crippen LogP contribution in [0.4, 0.5) is 14.5 Å². The number of anilines is 1. The highest BCUT2D eigenvalue weighted by atomic mass is 19.1. The molecule has 21 heavy (non-hydrogen) atoms. The van der Waals surface area contributed by atoms with Gasteiger partial charge in [0.25, 0.3) is 5.91 Å². The molecule has 0 spiro atoms. The molecule has 1 aromatic rings. The lowest BCUT2D eigenvalue weighted by molar-refractivity contribution is 0.0888. The number of carbonyl (C=O) groups is 1. The number of halogens is 2. The zero-order chi connectivity index (χ0) is 15.0. The number of hydrogen-bond donors (Lipinski definition) is 2. The highest BCUT2D eigenvalue weighted by Gasteiger charge is 2.33. The average molecular weight is 295 g/mol. The molecule has 0 bridgehead atoms. The molecule has 0 radical (unpaired) electrons. The minimum atomic E-state index is -0.981. The largest absolute Gasteiger partial charge is 0.396 e. The van der Waals surface area contributed by atoms with Crippen LogP contribution in [0.15, 0.2) is 12.1 Å². The maximum Gasteiger partial charge on any atom is 0.257 e. The number of nitrogen functional groups attached to an aromatic ring is 1. The van der Waals surface area contributed by atoms with E-state index in [1.165, 1.54) is 6.42 Å². The molecule has 3 N–H and O–H groups in total. The van der Waals surface area contributed by atoms with Crippen molar-refractivity contribution in [1.82, 2.24) is 10.2 Å². The summed E-state index contributed by atoms with van der Waals surface area (Å²) in [5, 5.41) is 2.76. The third-order valence-electron chi connectivity index (χ3n) is 4.50. The molecule has 1 amide bonds. The number of hydrogen-bond acceptors (Lipinski definition) is 3. The van der Waals surface area contributed by atoms with Gasteiger partial charge in [-0.15, -0.1) is 0 Å². The molecule has 0 saturated carbocycles. The maximum absolute atomic E-state index is 13.8. The fraction of sp³-hybridized carbons (Fsp3) is 0.533. The fourth-order valence-corrected chi connectivity index (χ4v) is 3.39. The van der Waals surface area contributed by atoms with Gasteiger partial charge in [-0.3, -0.25) is 4.79 Å². The van der Waals surface area contributed by atoms with Crippen molar-refractivity contribution in [3.63, 3.8) is 0 Å². The van der Waals surface area contributed by atoms with E-state index in [0.29, 0.717) is 6.04 Å². The number of carbonyl (C=O) groups excluding carboxylic acids is 1. The molecular weight excluding hydrogens is 276 g/mol. The van der Waals surface area contributed by atoms with Crippen molar-refractivity contribution in [2.75, 3.05) is 18.8 Å². The second kappa shape index (κ2) is 5.60. The molecule has 2 saturated heterocycles. The molecule has 2 heterocycles. The predicted octanol–water partition coefficient (Wildman–Crippen LogP) is 1.90. The van der Waals surface area contributed by atoms with Crippen LogP contribution in [0.25, 0.3) is 0 Å². The highest BCUT2D eigenvalue weighted by molar-refractivity contribution is 5.95. The molecule has 3 rings (SSSR count). The van der Waals surface area contributed by atoms with Gasteiger partial charge in [-0.2, -0.15) is 0 Å². The summed E-state index contributed by atoms with van der Waals surface area (Å²) in [5.41, 5.74) is 4.61. The van der Waals surface area contributed by atoms with Crippen LogP contribution in [0.1, 0.15) is 36.0 Å². The van der Waals surface area contributed by atoms with Gasteiger partial charge in [0, 0.05) is 18.6 Å². The number of nitrogens with zero attached hydrogens (tertiary/aromatic N) is 1. The number of fused-ring (bicyclic) bond motifs is 1. The summed E-state index contributed by atoms with van der Waals surface area (Å²) in [6.07, 6.45) is 3.97. The Morgan fingerprint density at radius 3 is 2.90 bits per heavy atom. The van der Waals surface area contributed by atoms with Gasteiger partial charge in [-0.25, -0.2) is 8.78 Å². The normalized spacial score (nSPS) is 25.6. The number of nitrogens with two attached hydrogens (primary N) is 1. The topological polar surface area (TPSA) is 58.4 Å². The zero-order valence-electron chi connectivity index (χ0n) is 11.7. The Kier molecular flexibility index (Phi) is 3.80. The van der Waals surface area contributed by atoms with E-state index < -0.39 is 23.1 Å². The molecule has 2 fully saturated rings. The first kappa shape index (κ1) is 14.3. The summed E-state index contributed by atoms with van der Waals surface area (Å²) in [5.74, 6) is -2.57. The minimum absolute atomic E-state index is 0.0305. The third kappa shape index (κ3) is 2.72. The molecule has 2 aliphatic heterocycles. The molecule has 2 aliphatic rings. The van der Waals surface area contributed by atoms with Crippen molar-refractivity contribution in [3.05, 3.63) is 29.3 Å². The zero-order valence-corrected chi connectivity index (χ0v) is 11.7. The van der Waals surface area contributed by atoms with Crippen LogP contribution in [0.5, 0.6) is 0 Å². The van der Waals surface area contributed by atoms with Crippen LogP contribution in [0, 0.1) is 11.6 Å². The van der Waals surface area contributed by atoms with Gasteiger partial charge in [-0.05, 0) is 44.4 Å². The second-order valence-electron chi connectivity index (χ2n) is 5.85. The number of benzene rings is 1. The van der Waals surface area contributed by atoms with Gasteiger partial charge in [0.15, 0.2) is 5.82 Å². The van der Waals surface area contributed by atoms with Gasteiger partial charge in [-0.1, -0.05) is 0 Å². The van der Waals surface area contributed by atoms with Gasteiger partial charge in [0.05, 0.1) is 5.69 Å². The van der Waals surface area contributed by atoms with E-state index in [2.05, 4.69) is 10.2 Å². The van der Waals surface area contributed by atoms with E-state index >= 15 is 0 Å². The Balaban J connectivity index is 1.71. The van der Waals surface area contributed by atoms with Gasteiger partial charge in [0.1, 0.15) is 11.4 Å². The van der Waals surface area contributed by atoms with Crippen molar-refractivity contribution >= 4 is 11.6 Å². The monoisotopic (exact) mass is 295 g/mol. The summed E-state index contributed by atoms with van der Waals surface area (Å²) >= 11 is 0. The molecule has 1 aromatic carbocycles. The lowest BCUT2D eigenvalue weighted by atomic mass is 9.97. The van der Waals surface area contributed by atoms with E-state index in [1.807, 2.05) is 0 Å². The Morgan fingerprint density at radius 2 is 2.10 bits per heavy atom. The van der Waals surface area contributed by atoms with E-state index in [1.54, 1.807) is 0 Å². The minimum Gasteiger partial charge on any atom is -0.396 e. The molecule has 0 aromatic heterocycles. The number of amides is 1.